The largest absolute Gasteiger partial charge is 0.330 e. The molecule has 0 bridgehead atoms. The summed E-state index contributed by atoms with van der Waals surface area (Å²) in [6.45, 7) is 0. The molecule has 2 aromatic heterocycles. The van der Waals surface area contributed by atoms with E-state index in [0.717, 1.165) is 16.5 Å². The molecule has 0 atom stereocenters. The van der Waals surface area contributed by atoms with Crippen molar-refractivity contribution < 1.29 is 0 Å². The number of benzene rings is 1. The van der Waals surface area contributed by atoms with Crippen LogP contribution in [0.25, 0.3) is 11.5 Å². The van der Waals surface area contributed by atoms with Crippen molar-refractivity contribution in [3.63, 3.8) is 0 Å². The Morgan fingerprint density at radius 1 is 0.944 bits per heavy atom. The van der Waals surface area contributed by atoms with Crippen LogP contribution < -0.4 is 5.32 Å². The van der Waals surface area contributed by atoms with Crippen molar-refractivity contribution in [3.05, 3.63) is 54.7 Å². The minimum Gasteiger partial charge on any atom is -0.330 e. The first-order valence-corrected chi connectivity index (χ1v) is 6.26. The zero-order chi connectivity index (χ0) is 12.2. The second kappa shape index (κ2) is 4.93. The van der Waals surface area contributed by atoms with Crippen molar-refractivity contribution in [1.82, 2.24) is 14.3 Å². The summed E-state index contributed by atoms with van der Waals surface area (Å²) in [5.74, 6) is 0.652. The Morgan fingerprint density at radius 3 is 2.56 bits per heavy atom. The number of hydrogen-bond donors (Lipinski definition) is 1. The number of aromatic nitrogens is 3. The molecule has 0 spiro atoms. The number of rotatable bonds is 3. The minimum atomic E-state index is 0.652. The van der Waals surface area contributed by atoms with E-state index in [4.69, 9.17) is 0 Å². The summed E-state index contributed by atoms with van der Waals surface area (Å²) in [5.41, 5.74) is 1.79. The Bertz CT molecular complexity index is 622. The van der Waals surface area contributed by atoms with Crippen molar-refractivity contribution in [2.24, 2.45) is 0 Å². The van der Waals surface area contributed by atoms with Gasteiger partial charge in [-0.15, -0.1) is 0 Å². The molecule has 1 aromatic carbocycles. The molecule has 0 aliphatic rings. The quantitative estimate of drug-likeness (QED) is 0.778. The lowest BCUT2D eigenvalue weighted by Gasteiger charge is -1.99. The first-order chi connectivity index (χ1) is 8.92. The van der Waals surface area contributed by atoms with E-state index in [1.54, 1.807) is 6.20 Å². The Labute approximate surface area is 109 Å². The molecular formula is C13H10N4S. The summed E-state index contributed by atoms with van der Waals surface area (Å²) in [6, 6.07) is 15.6. The number of para-hydroxylation sites is 1. The molecule has 0 saturated heterocycles. The van der Waals surface area contributed by atoms with Crippen molar-refractivity contribution in [2.75, 3.05) is 5.32 Å². The standard InChI is InChI=1S/C13H10N4S/c1-2-6-10(7-3-1)15-13-16-12(17-18-13)11-8-4-5-9-14-11/h1-9H,(H,15,16,17). The number of nitrogens with zero attached hydrogens (tertiary/aromatic N) is 3. The fraction of sp³-hybridized carbons (Fsp3) is 0. The highest BCUT2D eigenvalue weighted by Gasteiger charge is 2.06. The Balaban J connectivity index is 1.82. The highest BCUT2D eigenvalue weighted by molar-refractivity contribution is 7.09. The molecule has 3 aromatic rings. The lowest BCUT2D eigenvalue weighted by molar-refractivity contribution is 1.23. The smallest absolute Gasteiger partial charge is 0.207 e. The van der Waals surface area contributed by atoms with E-state index < -0.39 is 0 Å². The summed E-state index contributed by atoms with van der Waals surface area (Å²) in [7, 11) is 0. The molecule has 0 saturated carbocycles. The molecule has 5 heteroatoms. The van der Waals surface area contributed by atoms with Crippen LogP contribution in [0.4, 0.5) is 10.8 Å². The molecule has 3 rings (SSSR count). The first-order valence-electron chi connectivity index (χ1n) is 5.49. The molecule has 0 aliphatic heterocycles. The van der Waals surface area contributed by atoms with E-state index in [2.05, 4.69) is 19.7 Å². The Hall–Kier alpha value is -2.27. The highest BCUT2D eigenvalue weighted by atomic mass is 32.1. The van der Waals surface area contributed by atoms with E-state index in [1.165, 1.54) is 11.5 Å². The van der Waals surface area contributed by atoms with Gasteiger partial charge in [-0.1, -0.05) is 24.3 Å². The van der Waals surface area contributed by atoms with Crippen LogP contribution >= 0.6 is 11.5 Å². The van der Waals surface area contributed by atoms with Crippen LogP contribution in [-0.4, -0.2) is 14.3 Å². The third kappa shape index (κ3) is 2.36. The summed E-state index contributed by atoms with van der Waals surface area (Å²) in [6.07, 6.45) is 1.74. The van der Waals surface area contributed by atoms with Crippen LogP contribution in [-0.2, 0) is 0 Å². The average molecular weight is 254 g/mol. The van der Waals surface area contributed by atoms with Gasteiger partial charge < -0.3 is 5.32 Å². The van der Waals surface area contributed by atoms with Crippen LogP contribution in [0.2, 0.25) is 0 Å². The summed E-state index contributed by atoms with van der Waals surface area (Å²) in [4.78, 5) is 8.63. The molecule has 0 radical (unpaired) electrons. The maximum Gasteiger partial charge on any atom is 0.207 e. The molecule has 2 heterocycles. The monoisotopic (exact) mass is 254 g/mol. The molecule has 4 nitrogen and oxygen atoms in total. The third-order valence-corrected chi connectivity index (χ3v) is 2.98. The van der Waals surface area contributed by atoms with Gasteiger partial charge in [0.1, 0.15) is 5.69 Å². The first kappa shape index (κ1) is 10.9. The zero-order valence-corrected chi connectivity index (χ0v) is 10.3. The van der Waals surface area contributed by atoms with Gasteiger partial charge in [-0.05, 0) is 24.3 Å². The number of nitrogens with one attached hydrogen (secondary N) is 1. The van der Waals surface area contributed by atoms with Crippen molar-refractivity contribution >= 4 is 22.4 Å². The molecule has 18 heavy (non-hydrogen) atoms. The summed E-state index contributed by atoms with van der Waals surface area (Å²) < 4.78 is 4.29. The van der Waals surface area contributed by atoms with Gasteiger partial charge in [0.2, 0.25) is 5.13 Å². The van der Waals surface area contributed by atoms with E-state index in [-0.39, 0.29) is 0 Å². The molecular weight excluding hydrogens is 244 g/mol. The second-order valence-electron chi connectivity index (χ2n) is 3.63. The van der Waals surface area contributed by atoms with Gasteiger partial charge >= 0.3 is 0 Å². The predicted molar refractivity (Wildman–Crippen MR) is 72.9 cm³/mol. The molecule has 0 fully saturated rings. The van der Waals surface area contributed by atoms with Crippen molar-refractivity contribution in [1.29, 1.82) is 0 Å². The summed E-state index contributed by atoms with van der Waals surface area (Å²) in [5, 5.41) is 3.98. The topological polar surface area (TPSA) is 50.7 Å². The predicted octanol–water partition coefficient (Wildman–Crippen LogP) is 3.34. The fourth-order valence-corrected chi connectivity index (χ4v) is 2.12. The number of pyridine rings is 1. The maximum atomic E-state index is 4.41. The van der Waals surface area contributed by atoms with Gasteiger partial charge in [-0.2, -0.15) is 9.36 Å². The SMILES string of the molecule is c1ccc(Nc2nc(-c3ccccn3)ns2)cc1. The zero-order valence-electron chi connectivity index (χ0n) is 9.45. The van der Waals surface area contributed by atoms with Gasteiger partial charge in [0, 0.05) is 23.4 Å². The van der Waals surface area contributed by atoms with E-state index >= 15 is 0 Å². The van der Waals surface area contributed by atoms with Crippen molar-refractivity contribution in [2.45, 2.75) is 0 Å². The fourth-order valence-electron chi connectivity index (χ4n) is 1.52. The maximum absolute atomic E-state index is 4.41. The molecule has 1 N–H and O–H groups in total. The Morgan fingerprint density at radius 2 is 1.78 bits per heavy atom. The van der Waals surface area contributed by atoms with Crippen LogP contribution in [0.5, 0.6) is 0 Å². The molecule has 0 amide bonds. The van der Waals surface area contributed by atoms with Gasteiger partial charge in [-0.3, -0.25) is 4.98 Å². The van der Waals surface area contributed by atoms with Crippen LogP contribution in [0.15, 0.2) is 54.7 Å². The van der Waals surface area contributed by atoms with Crippen molar-refractivity contribution in [3.8, 4) is 11.5 Å². The van der Waals surface area contributed by atoms with Gasteiger partial charge in [0.05, 0.1) is 0 Å². The van der Waals surface area contributed by atoms with Gasteiger partial charge in [0.25, 0.3) is 0 Å². The highest BCUT2D eigenvalue weighted by Crippen LogP contribution is 2.22. The number of anilines is 2. The molecule has 0 aliphatic carbocycles. The lowest BCUT2D eigenvalue weighted by atomic mass is 10.3. The minimum absolute atomic E-state index is 0.652. The normalized spacial score (nSPS) is 10.2. The van der Waals surface area contributed by atoms with E-state index in [9.17, 15) is 0 Å². The second-order valence-corrected chi connectivity index (χ2v) is 4.38. The number of hydrogen-bond acceptors (Lipinski definition) is 5. The van der Waals surface area contributed by atoms with E-state index in [0.29, 0.717) is 5.82 Å². The van der Waals surface area contributed by atoms with Crippen LogP contribution in [0, 0.1) is 0 Å². The van der Waals surface area contributed by atoms with Crippen LogP contribution in [0.3, 0.4) is 0 Å². The summed E-state index contributed by atoms with van der Waals surface area (Å²) >= 11 is 1.33. The van der Waals surface area contributed by atoms with Gasteiger partial charge in [0.15, 0.2) is 5.82 Å². The third-order valence-electron chi connectivity index (χ3n) is 2.35. The lowest BCUT2D eigenvalue weighted by Crippen LogP contribution is -1.89. The van der Waals surface area contributed by atoms with E-state index in [1.807, 2.05) is 48.5 Å². The average Bonchev–Trinajstić information content (AvgIpc) is 2.89. The van der Waals surface area contributed by atoms with Crippen LogP contribution in [0.1, 0.15) is 0 Å². The van der Waals surface area contributed by atoms with Gasteiger partial charge in [-0.25, -0.2) is 0 Å². The Kier molecular flexibility index (Phi) is 2.97. The molecule has 88 valence electrons. The molecule has 0 unspecified atom stereocenters.